The van der Waals surface area contributed by atoms with Gasteiger partial charge in [-0.2, -0.15) is 0 Å². The van der Waals surface area contributed by atoms with E-state index in [1.165, 1.54) is 0 Å². The molecule has 60 valence electrons. The molecule has 4 heteroatoms. The number of hydrogen-bond donors (Lipinski definition) is 0. The fraction of sp³-hybridized carbons (Fsp3) is 1.00. The van der Waals surface area contributed by atoms with Crippen LogP contribution in [0.3, 0.4) is 0 Å². The van der Waals surface area contributed by atoms with Crippen LogP contribution in [0.25, 0.3) is 0 Å². The van der Waals surface area contributed by atoms with Gasteiger partial charge < -0.3 is 9.05 Å². The summed E-state index contributed by atoms with van der Waals surface area (Å²) in [5.74, 6) is 0. The van der Waals surface area contributed by atoms with E-state index in [0.717, 1.165) is 12.8 Å². The zero-order chi connectivity index (χ0) is 7.45. The van der Waals surface area contributed by atoms with E-state index in [1.807, 2.05) is 6.92 Å². The van der Waals surface area contributed by atoms with E-state index in [4.69, 9.17) is 9.05 Å². The first-order valence-corrected chi connectivity index (χ1v) is 5.38. The Morgan fingerprint density at radius 1 is 1.30 bits per heavy atom. The van der Waals surface area contributed by atoms with E-state index in [2.05, 4.69) is 0 Å². The van der Waals surface area contributed by atoms with Gasteiger partial charge in [-0.1, -0.05) is 6.92 Å². The van der Waals surface area contributed by atoms with Crippen LogP contribution in [0.1, 0.15) is 19.8 Å². The molecule has 0 N–H and O–H groups in total. The van der Waals surface area contributed by atoms with Crippen molar-refractivity contribution in [3.8, 4) is 0 Å². The predicted molar refractivity (Wildman–Crippen MR) is 39.3 cm³/mol. The Morgan fingerprint density at radius 3 is 2.20 bits per heavy atom. The van der Waals surface area contributed by atoms with Gasteiger partial charge in [0.1, 0.15) is 0 Å². The molecule has 0 unspecified atom stereocenters. The predicted octanol–water partition coefficient (Wildman–Crippen LogP) is 2.03. The van der Waals surface area contributed by atoms with E-state index in [0.29, 0.717) is 19.4 Å². The van der Waals surface area contributed by atoms with Crippen molar-refractivity contribution in [2.24, 2.45) is 0 Å². The highest BCUT2D eigenvalue weighted by Crippen LogP contribution is 2.48. The van der Waals surface area contributed by atoms with Gasteiger partial charge in [-0.25, -0.2) is 0 Å². The molecule has 1 aliphatic rings. The lowest BCUT2D eigenvalue weighted by Crippen LogP contribution is -1.94. The zero-order valence-electron chi connectivity index (χ0n) is 6.21. The average molecular weight is 164 g/mol. The highest BCUT2D eigenvalue weighted by atomic mass is 31.2. The van der Waals surface area contributed by atoms with Crippen LogP contribution in [-0.2, 0) is 13.6 Å². The summed E-state index contributed by atoms with van der Waals surface area (Å²) in [4.78, 5) is 0. The Kier molecular flexibility index (Phi) is 2.90. The summed E-state index contributed by atoms with van der Waals surface area (Å²) >= 11 is 0. The summed E-state index contributed by atoms with van der Waals surface area (Å²) in [5.41, 5.74) is 0. The van der Waals surface area contributed by atoms with Gasteiger partial charge in [0.2, 0.25) is 0 Å². The Hall–Kier alpha value is 0.150. The third kappa shape index (κ3) is 2.08. The van der Waals surface area contributed by atoms with Crippen LogP contribution in [0.15, 0.2) is 0 Å². The van der Waals surface area contributed by atoms with Crippen LogP contribution < -0.4 is 0 Å². The molecule has 0 aromatic carbocycles. The first kappa shape index (κ1) is 8.25. The van der Waals surface area contributed by atoms with Crippen LogP contribution in [0, 0.1) is 0 Å². The summed E-state index contributed by atoms with van der Waals surface area (Å²) in [6, 6.07) is 0. The highest BCUT2D eigenvalue weighted by Gasteiger charge is 2.23. The van der Waals surface area contributed by atoms with Gasteiger partial charge in [-0.05, 0) is 12.8 Å². The van der Waals surface area contributed by atoms with Crippen molar-refractivity contribution in [2.75, 3.05) is 19.4 Å². The van der Waals surface area contributed by atoms with Crippen LogP contribution in [0.4, 0.5) is 0 Å². The maximum absolute atomic E-state index is 11.4. The maximum atomic E-state index is 11.4. The molecule has 1 heterocycles. The molecule has 0 saturated carbocycles. The lowest BCUT2D eigenvalue weighted by Gasteiger charge is -2.11. The van der Waals surface area contributed by atoms with Gasteiger partial charge in [0, 0.05) is 6.16 Å². The van der Waals surface area contributed by atoms with Crippen LogP contribution in [-0.4, -0.2) is 19.4 Å². The minimum Gasteiger partial charge on any atom is -0.309 e. The first-order valence-electron chi connectivity index (χ1n) is 3.65. The molecule has 1 aliphatic heterocycles. The second-order valence-corrected chi connectivity index (χ2v) is 4.67. The van der Waals surface area contributed by atoms with E-state index in [1.54, 1.807) is 0 Å². The van der Waals surface area contributed by atoms with Gasteiger partial charge in [0.15, 0.2) is 0 Å². The average Bonchev–Trinajstić information content (AvgIpc) is 2.15. The van der Waals surface area contributed by atoms with Crippen molar-refractivity contribution in [3.63, 3.8) is 0 Å². The molecule has 0 aliphatic carbocycles. The van der Waals surface area contributed by atoms with Crippen molar-refractivity contribution in [1.82, 2.24) is 0 Å². The van der Waals surface area contributed by atoms with Crippen LogP contribution in [0.2, 0.25) is 0 Å². The van der Waals surface area contributed by atoms with Gasteiger partial charge in [0.05, 0.1) is 13.2 Å². The summed E-state index contributed by atoms with van der Waals surface area (Å²) in [6.07, 6.45) is 2.42. The Balaban J connectivity index is 2.49. The Morgan fingerprint density at radius 2 is 1.80 bits per heavy atom. The second-order valence-electron chi connectivity index (χ2n) is 2.30. The van der Waals surface area contributed by atoms with Crippen molar-refractivity contribution < 1.29 is 13.6 Å². The molecule has 0 spiro atoms. The Bertz CT molecular complexity index is 134. The first-order chi connectivity index (χ1) is 4.77. The van der Waals surface area contributed by atoms with Gasteiger partial charge in [-0.3, -0.25) is 4.57 Å². The second kappa shape index (κ2) is 3.51. The van der Waals surface area contributed by atoms with Crippen molar-refractivity contribution >= 4 is 7.60 Å². The molecule has 1 rings (SSSR count). The molecule has 0 aromatic heterocycles. The maximum Gasteiger partial charge on any atom is 0.330 e. The fourth-order valence-electron chi connectivity index (χ4n) is 0.831. The van der Waals surface area contributed by atoms with E-state index in [9.17, 15) is 4.57 Å². The van der Waals surface area contributed by atoms with E-state index >= 15 is 0 Å². The molecule has 10 heavy (non-hydrogen) atoms. The minimum absolute atomic E-state index is 0.493. The smallest absolute Gasteiger partial charge is 0.309 e. The topological polar surface area (TPSA) is 35.5 Å². The molecule has 0 amide bonds. The normalized spacial score (nSPS) is 25.7. The summed E-state index contributed by atoms with van der Waals surface area (Å²) in [6.45, 7) is 3.00. The third-order valence-corrected chi connectivity index (χ3v) is 3.43. The van der Waals surface area contributed by atoms with Crippen molar-refractivity contribution in [1.29, 1.82) is 0 Å². The molecular weight excluding hydrogens is 151 g/mol. The summed E-state index contributed by atoms with van der Waals surface area (Å²) in [7, 11) is -2.64. The molecule has 1 fully saturated rings. The SMILES string of the molecule is CCP1(=O)OCCCCO1. The number of rotatable bonds is 1. The third-order valence-electron chi connectivity index (χ3n) is 1.50. The molecular formula is C6H13O3P. The molecule has 3 nitrogen and oxygen atoms in total. The largest absolute Gasteiger partial charge is 0.330 e. The summed E-state index contributed by atoms with van der Waals surface area (Å²) in [5, 5.41) is 0. The van der Waals surface area contributed by atoms with E-state index < -0.39 is 7.60 Å². The van der Waals surface area contributed by atoms with Crippen molar-refractivity contribution in [3.05, 3.63) is 0 Å². The zero-order valence-corrected chi connectivity index (χ0v) is 7.10. The molecule has 0 bridgehead atoms. The minimum atomic E-state index is -2.64. The van der Waals surface area contributed by atoms with Crippen LogP contribution >= 0.6 is 7.60 Å². The standard InChI is InChI=1S/C6H13O3P/c1-2-10(7)8-5-3-4-6-9-10/h2-6H2,1H3. The van der Waals surface area contributed by atoms with Gasteiger partial charge in [0.25, 0.3) is 0 Å². The molecule has 0 aromatic rings. The van der Waals surface area contributed by atoms with Gasteiger partial charge >= 0.3 is 7.60 Å². The van der Waals surface area contributed by atoms with Crippen molar-refractivity contribution in [2.45, 2.75) is 19.8 Å². The van der Waals surface area contributed by atoms with E-state index in [-0.39, 0.29) is 0 Å². The van der Waals surface area contributed by atoms with Crippen LogP contribution in [0.5, 0.6) is 0 Å². The monoisotopic (exact) mass is 164 g/mol. The van der Waals surface area contributed by atoms with Gasteiger partial charge in [-0.15, -0.1) is 0 Å². The fourth-order valence-corrected chi connectivity index (χ4v) is 2.09. The summed E-state index contributed by atoms with van der Waals surface area (Å²) < 4.78 is 21.5. The Labute approximate surface area is 61.2 Å². The molecule has 1 saturated heterocycles. The molecule has 0 radical (unpaired) electrons. The quantitative estimate of drug-likeness (QED) is 0.556. The highest BCUT2D eigenvalue weighted by molar-refractivity contribution is 7.53. The lowest BCUT2D eigenvalue weighted by molar-refractivity contribution is 0.240. The number of hydrogen-bond acceptors (Lipinski definition) is 3. The lowest BCUT2D eigenvalue weighted by atomic mass is 10.3. The molecule has 0 atom stereocenters.